The second-order valence-electron chi connectivity index (χ2n) is 8.39. The summed E-state index contributed by atoms with van der Waals surface area (Å²) >= 11 is 0. The van der Waals surface area contributed by atoms with Gasteiger partial charge < -0.3 is 9.80 Å². The number of piperidine rings is 2. The lowest BCUT2D eigenvalue weighted by atomic mass is 9.72. The van der Waals surface area contributed by atoms with E-state index in [2.05, 4.69) is 15.1 Å². The lowest BCUT2D eigenvalue weighted by Gasteiger charge is -2.47. The van der Waals surface area contributed by atoms with E-state index in [9.17, 15) is 19.2 Å². The second-order valence-corrected chi connectivity index (χ2v) is 8.39. The smallest absolute Gasteiger partial charge is 0.266 e. The van der Waals surface area contributed by atoms with Crippen molar-refractivity contribution < 1.29 is 9.59 Å². The highest BCUT2D eigenvalue weighted by atomic mass is 16.2. The summed E-state index contributed by atoms with van der Waals surface area (Å²) in [6.45, 7) is 3.00. The van der Waals surface area contributed by atoms with Crippen LogP contribution in [0.15, 0.2) is 15.7 Å². The largest absolute Gasteiger partial charge is 0.342 e. The molecule has 2 aliphatic heterocycles. The van der Waals surface area contributed by atoms with Gasteiger partial charge >= 0.3 is 0 Å². The van der Waals surface area contributed by atoms with Gasteiger partial charge in [0.15, 0.2) is 0 Å². The zero-order valence-corrected chi connectivity index (χ0v) is 15.5. The van der Waals surface area contributed by atoms with Gasteiger partial charge in [0.1, 0.15) is 0 Å². The molecule has 0 radical (unpaired) electrons. The Morgan fingerprint density at radius 3 is 2.56 bits per heavy atom. The number of hydrogen-bond acceptors (Lipinski definition) is 4. The minimum atomic E-state index is -0.432. The summed E-state index contributed by atoms with van der Waals surface area (Å²) in [5.41, 5.74) is -0.528. The predicted molar refractivity (Wildman–Crippen MR) is 98.2 cm³/mol. The zero-order valence-electron chi connectivity index (χ0n) is 15.5. The number of rotatable bonds is 4. The summed E-state index contributed by atoms with van der Waals surface area (Å²) in [7, 11) is 0. The van der Waals surface area contributed by atoms with Crippen molar-refractivity contribution in [2.45, 2.75) is 44.9 Å². The molecule has 4 rings (SSSR count). The first-order valence-corrected chi connectivity index (χ1v) is 9.81. The van der Waals surface area contributed by atoms with Gasteiger partial charge in [0.25, 0.3) is 11.1 Å². The topological polar surface area (TPSA) is 106 Å². The molecule has 8 nitrogen and oxygen atoms in total. The molecular weight excluding hydrogens is 348 g/mol. The maximum atomic E-state index is 12.6. The highest BCUT2D eigenvalue weighted by Crippen LogP contribution is 2.41. The Kier molecular flexibility index (Phi) is 4.65. The van der Waals surface area contributed by atoms with Gasteiger partial charge in [0, 0.05) is 44.2 Å². The lowest BCUT2D eigenvalue weighted by molar-refractivity contribution is -0.142. The number of likely N-dealkylation sites (tertiary alicyclic amines) is 2. The zero-order chi connectivity index (χ0) is 19.0. The normalized spacial score (nSPS) is 22.3. The van der Waals surface area contributed by atoms with Crippen molar-refractivity contribution in [3.63, 3.8) is 0 Å². The first kappa shape index (κ1) is 18.0. The molecule has 3 aliphatic rings. The fourth-order valence-corrected chi connectivity index (χ4v) is 4.38. The molecule has 3 heterocycles. The van der Waals surface area contributed by atoms with Gasteiger partial charge in [0.2, 0.25) is 11.8 Å². The highest BCUT2D eigenvalue weighted by Gasteiger charge is 2.42. The van der Waals surface area contributed by atoms with Gasteiger partial charge in [-0.3, -0.25) is 29.4 Å². The van der Waals surface area contributed by atoms with Crippen LogP contribution in [0.25, 0.3) is 0 Å². The van der Waals surface area contributed by atoms with Gasteiger partial charge in [-0.05, 0) is 43.4 Å². The van der Waals surface area contributed by atoms with E-state index in [1.165, 1.54) is 18.9 Å². The number of aromatic nitrogens is 2. The van der Waals surface area contributed by atoms with Crippen LogP contribution >= 0.6 is 0 Å². The van der Waals surface area contributed by atoms with Gasteiger partial charge in [-0.1, -0.05) is 0 Å². The van der Waals surface area contributed by atoms with Crippen molar-refractivity contribution in [3.8, 4) is 0 Å². The van der Waals surface area contributed by atoms with Gasteiger partial charge in [-0.2, -0.15) is 0 Å². The number of nitrogens with zero attached hydrogens (tertiary/aromatic N) is 2. The van der Waals surface area contributed by atoms with Gasteiger partial charge in [-0.25, -0.2) is 0 Å². The number of amides is 2. The molecule has 1 aromatic rings. The molecule has 27 heavy (non-hydrogen) atoms. The van der Waals surface area contributed by atoms with Gasteiger partial charge in [0.05, 0.1) is 6.42 Å². The summed E-state index contributed by atoms with van der Waals surface area (Å²) in [6, 6.07) is 1.19. The Morgan fingerprint density at radius 1 is 1.11 bits per heavy atom. The molecule has 1 aromatic heterocycles. The molecule has 1 aliphatic carbocycles. The van der Waals surface area contributed by atoms with Crippen molar-refractivity contribution in [2.24, 2.45) is 11.3 Å². The minimum absolute atomic E-state index is 0.0570. The Bertz CT molecular complexity index is 846. The molecule has 2 saturated heterocycles. The maximum Gasteiger partial charge on any atom is 0.266 e. The number of carbonyl (C=O) groups is 2. The van der Waals surface area contributed by atoms with Crippen LogP contribution in [0.3, 0.4) is 0 Å². The van der Waals surface area contributed by atoms with Crippen LogP contribution in [-0.2, 0) is 16.0 Å². The quantitative estimate of drug-likeness (QED) is 0.788. The highest BCUT2D eigenvalue weighted by molar-refractivity contribution is 5.79. The third kappa shape index (κ3) is 3.99. The first-order valence-electron chi connectivity index (χ1n) is 9.81. The van der Waals surface area contributed by atoms with E-state index in [0.717, 1.165) is 32.4 Å². The number of hydrogen-bond donors (Lipinski definition) is 2. The maximum absolute atomic E-state index is 12.6. The summed E-state index contributed by atoms with van der Waals surface area (Å²) in [4.78, 5) is 51.7. The molecule has 0 bridgehead atoms. The van der Waals surface area contributed by atoms with Crippen LogP contribution in [0.4, 0.5) is 0 Å². The molecule has 3 fully saturated rings. The van der Waals surface area contributed by atoms with Crippen LogP contribution in [0.1, 0.15) is 44.1 Å². The fraction of sp³-hybridized carbons (Fsp3) is 0.684. The van der Waals surface area contributed by atoms with E-state index in [4.69, 9.17) is 0 Å². The minimum Gasteiger partial charge on any atom is -0.342 e. The van der Waals surface area contributed by atoms with E-state index in [1.807, 2.05) is 0 Å². The molecule has 1 spiro atoms. The number of H-pyrrole nitrogens is 2. The molecule has 8 heteroatoms. The number of carbonyl (C=O) groups excluding carboxylic acids is 2. The molecule has 1 saturated carbocycles. The van der Waals surface area contributed by atoms with E-state index in [1.54, 1.807) is 4.90 Å². The Labute approximate surface area is 156 Å². The third-order valence-corrected chi connectivity index (χ3v) is 6.34. The standard InChI is InChI=1S/C19H26N4O4/c24-15-9-14(18(27)21-20-15)10-17(26)22-7-5-19(6-8-22)4-3-16(25)23(12-19)11-13-1-2-13/h9,13H,1-8,10-12H2,(H,20,24)(H,21,27). The molecule has 2 N–H and O–H groups in total. The van der Waals surface area contributed by atoms with Crippen molar-refractivity contribution in [2.75, 3.05) is 26.2 Å². The summed E-state index contributed by atoms with van der Waals surface area (Å²) in [5.74, 6) is 0.847. The van der Waals surface area contributed by atoms with E-state index < -0.39 is 11.1 Å². The molecular formula is C19H26N4O4. The molecule has 0 unspecified atom stereocenters. The Balaban J connectivity index is 1.36. The Hall–Kier alpha value is -2.38. The average molecular weight is 374 g/mol. The predicted octanol–water partition coefficient (Wildman–Crippen LogP) is 0.247. The molecule has 146 valence electrons. The van der Waals surface area contributed by atoms with Gasteiger partial charge in [-0.15, -0.1) is 0 Å². The van der Waals surface area contributed by atoms with E-state index in [0.29, 0.717) is 25.4 Å². The second kappa shape index (κ2) is 6.98. The summed E-state index contributed by atoms with van der Waals surface area (Å²) in [6.07, 6.45) is 5.71. The van der Waals surface area contributed by atoms with Crippen molar-refractivity contribution >= 4 is 11.8 Å². The lowest BCUT2D eigenvalue weighted by Crippen LogP contribution is -2.53. The van der Waals surface area contributed by atoms with Crippen molar-refractivity contribution in [1.82, 2.24) is 20.0 Å². The third-order valence-electron chi connectivity index (χ3n) is 6.34. The summed E-state index contributed by atoms with van der Waals surface area (Å²) in [5, 5.41) is 4.46. The number of aromatic amines is 2. The van der Waals surface area contributed by atoms with E-state index >= 15 is 0 Å². The van der Waals surface area contributed by atoms with Crippen LogP contribution < -0.4 is 11.1 Å². The van der Waals surface area contributed by atoms with Crippen molar-refractivity contribution in [1.29, 1.82) is 0 Å². The van der Waals surface area contributed by atoms with E-state index in [-0.39, 0.29) is 29.2 Å². The first-order chi connectivity index (χ1) is 12.9. The van der Waals surface area contributed by atoms with Crippen LogP contribution in [0.5, 0.6) is 0 Å². The van der Waals surface area contributed by atoms with Crippen LogP contribution in [-0.4, -0.2) is 58.0 Å². The fourth-order valence-electron chi connectivity index (χ4n) is 4.38. The van der Waals surface area contributed by atoms with Crippen LogP contribution in [0.2, 0.25) is 0 Å². The Morgan fingerprint density at radius 2 is 1.85 bits per heavy atom. The summed E-state index contributed by atoms with van der Waals surface area (Å²) < 4.78 is 0. The molecule has 0 atom stereocenters. The average Bonchev–Trinajstić information content (AvgIpc) is 3.46. The van der Waals surface area contributed by atoms with Crippen LogP contribution in [0, 0.1) is 11.3 Å². The SMILES string of the molecule is O=C(Cc1cc(=O)[nH][nH]c1=O)N1CCC2(CCC(=O)N(CC3CC3)C2)CC1. The monoisotopic (exact) mass is 374 g/mol. The van der Waals surface area contributed by atoms with Crippen molar-refractivity contribution in [3.05, 3.63) is 32.3 Å². The number of nitrogens with one attached hydrogen (secondary N) is 2. The molecule has 0 aromatic carbocycles. The molecule has 2 amide bonds.